The molecule has 2 fully saturated rings. The lowest BCUT2D eigenvalue weighted by Gasteiger charge is -2.27. The first-order chi connectivity index (χ1) is 8.69. The van der Waals surface area contributed by atoms with Crippen molar-refractivity contribution in [2.75, 3.05) is 13.2 Å². The Bertz CT molecular complexity index is 282. The maximum atomic E-state index is 11.8. The monoisotopic (exact) mass is 273 g/mol. The second-order valence-corrected chi connectivity index (χ2v) is 6.27. The van der Waals surface area contributed by atoms with Gasteiger partial charge in [-0.1, -0.05) is 25.7 Å². The molecule has 0 heterocycles. The van der Waals surface area contributed by atoms with Crippen molar-refractivity contribution in [3.8, 4) is 0 Å². The number of carbonyl (C=O) groups is 1. The molecule has 0 radical (unpaired) electrons. The molecule has 3 nitrogen and oxygen atoms in total. The van der Waals surface area contributed by atoms with Crippen LogP contribution in [-0.4, -0.2) is 19.1 Å². The zero-order valence-electron chi connectivity index (χ0n) is 11.2. The Balaban J connectivity index is 2.01. The lowest BCUT2D eigenvalue weighted by Crippen LogP contribution is -2.31. The number of hydrogen-bond donors (Lipinski definition) is 1. The van der Waals surface area contributed by atoms with Gasteiger partial charge in [-0.3, -0.25) is 4.79 Å². The molecule has 4 heteroatoms. The van der Waals surface area contributed by atoms with Gasteiger partial charge in [0.05, 0.1) is 13.0 Å². The summed E-state index contributed by atoms with van der Waals surface area (Å²) >= 11 is 5.73. The van der Waals surface area contributed by atoms with E-state index >= 15 is 0 Å². The van der Waals surface area contributed by atoms with E-state index in [0.29, 0.717) is 13.0 Å². The third-order valence-corrected chi connectivity index (χ3v) is 4.86. The lowest BCUT2D eigenvalue weighted by atomic mass is 9.81. The second kappa shape index (κ2) is 6.25. The summed E-state index contributed by atoms with van der Waals surface area (Å²) in [4.78, 5) is 14.6. The van der Waals surface area contributed by atoms with Crippen LogP contribution in [0.3, 0.4) is 0 Å². The van der Waals surface area contributed by atoms with Gasteiger partial charge in [0, 0.05) is 6.54 Å². The van der Waals surface area contributed by atoms with Crippen LogP contribution >= 0.6 is 11.8 Å². The molecule has 0 aromatic carbocycles. The number of esters is 1. The number of hydrogen-bond acceptors (Lipinski definition) is 3. The van der Waals surface area contributed by atoms with Crippen molar-refractivity contribution in [1.29, 1.82) is 0 Å². The smallest absolute Gasteiger partial charge is 0.306 e. The minimum absolute atomic E-state index is 0.0354. The molecule has 2 rings (SSSR count). The first-order valence-electron chi connectivity index (χ1n) is 7.18. The quantitative estimate of drug-likeness (QED) is 0.617. The number of nitrogens with one attached hydrogen (secondary N) is 1. The Morgan fingerprint density at radius 1 is 1.33 bits per heavy atom. The molecule has 2 aliphatic rings. The highest BCUT2D eigenvalue weighted by atomic mass is 35.5. The van der Waals surface area contributed by atoms with E-state index in [1.165, 1.54) is 25.7 Å². The zero-order valence-corrected chi connectivity index (χ0v) is 12.0. The highest BCUT2D eigenvalue weighted by Crippen LogP contribution is 2.53. The van der Waals surface area contributed by atoms with Crippen molar-refractivity contribution in [2.24, 2.45) is 17.3 Å². The van der Waals surface area contributed by atoms with E-state index < -0.39 is 0 Å². The standard InChI is InChI=1S/C14H24ClNO2/c1-2-18-13(17)9-14(10-16-15)7-11-5-3-4-6-12(11)8-14/h11-12,16H,2-10H2,1H3/t11-,12+,14?. The van der Waals surface area contributed by atoms with E-state index in [2.05, 4.69) is 4.84 Å². The average molecular weight is 274 g/mol. The second-order valence-electron chi connectivity index (χ2n) is 6.01. The van der Waals surface area contributed by atoms with Gasteiger partial charge >= 0.3 is 5.97 Å². The van der Waals surface area contributed by atoms with Gasteiger partial charge in [0.25, 0.3) is 0 Å². The number of carbonyl (C=O) groups excluding carboxylic acids is 1. The Morgan fingerprint density at radius 3 is 2.44 bits per heavy atom. The summed E-state index contributed by atoms with van der Waals surface area (Å²) in [5, 5.41) is 0. The van der Waals surface area contributed by atoms with Crippen LogP contribution in [0.25, 0.3) is 0 Å². The molecule has 2 aliphatic carbocycles. The fraction of sp³-hybridized carbons (Fsp3) is 0.929. The maximum Gasteiger partial charge on any atom is 0.306 e. The van der Waals surface area contributed by atoms with E-state index in [1.807, 2.05) is 6.92 Å². The minimum Gasteiger partial charge on any atom is -0.466 e. The molecule has 0 spiro atoms. The fourth-order valence-electron chi connectivity index (χ4n) is 4.03. The van der Waals surface area contributed by atoms with Crippen LogP contribution in [0.5, 0.6) is 0 Å². The first kappa shape index (κ1) is 14.1. The van der Waals surface area contributed by atoms with E-state index in [4.69, 9.17) is 16.5 Å². The van der Waals surface area contributed by atoms with Crippen LogP contribution in [0.15, 0.2) is 0 Å². The first-order valence-corrected chi connectivity index (χ1v) is 7.56. The summed E-state index contributed by atoms with van der Waals surface area (Å²) in [6.45, 7) is 3.05. The Hall–Kier alpha value is -0.280. The van der Waals surface area contributed by atoms with E-state index in [0.717, 1.165) is 31.2 Å². The van der Waals surface area contributed by atoms with Crippen molar-refractivity contribution in [2.45, 2.75) is 51.9 Å². The molecular formula is C14H24ClNO2. The average Bonchev–Trinajstić information content (AvgIpc) is 2.67. The molecule has 0 aliphatic heterocycles. The summed E-state index contributed by atoms with van der Waals surface area (Å²) in [7, 11) is 0. The highest BCUT2D eigenvalue weighted by molar-refractivity contribution is 6.13. The lowest BCUT2D eigenvalue weighted by molar-refractivity contribution is -0.145. The molecule has 18 heavy (non-hydrogen) atoms. The highest BCUT2D eigenvalue weighted by Gasteiger charge is 2.46. The largest absolute Gasteiger partial charge is 0.466 e. The molecule has 1 N–H and O–H groups in total. The summed E-state index contributed by atoms with van der Waals surface area (Å²) < 4.78 is 5.12. The van der Waals surface area contributed by atoms with Crippen molar-refractivity contribution in [3.05, 3.63) is 0 Å². The van der Waals surface area contributed by atoms with Gasteiger partial charge in [-0.2, -0.15) is 0 Å². The van der Waals surface area contributed by atoms with Gasteiger partial charge in [0.15, 0.2) is 0 Å². The third-order valence-electron chi connectivity index (χ3n) is 4.72. The molecule has 2 saturated carbocycles. The van der Waals surface area contributed by atoms with Crippen molar-refractivity contribution < 1.29 is 9.53 Å². The normalized spacial score (nSPS) is 35.2. The SMILES string of the molecule is CCOC(=O)CC1(CNCl)C[C@H]2CCCC[C@H]2C1. The summed E-state index contributed by atoms with van der Waals surface area (Å²) in [5.74, 6) is 1.54. The zero-order chi connectivity index (χ0) is 13.0. The summed E-state index contributed by atoms with van der Waals surface area (Å²) in [5.41, 5.74) is 0.0354. The Morgan fingerprint density at radius 2 is 1.94 bits per heavy atom. The molecular weight excluding hydrogens is 250 g/mol. The summed E-state index contributed by atoms with van der Waals surface area (Å²) in [6, 6.07) is 0. The van der Waals surface area contributed by atoms with Crippen LogP contribution in [0.4, 0.5) is 0 Å². The number of rotatable bonds is 5. The molecule has 1 unspecified atom stereocenters. The number of halogens is 1. The van der Waals surface area contributed by atoms with Crippen LogP contribution < -0.4 is 4.84 Å². The molecule has 104 valence electrons. The number of fused-ring (bicyclic) bond motifs is 1. The third kappa shape index (κ3) is 3.18. The number of ether oxygens (including phenoxy) is 1. The molecule has 3 atom stereocenters. The Labute approximate surface area is 115 Å². The van der Waals surface area contributed by atoms with Crippen molar-refractivity contribution >= 4 is 17.7 Å². The van der Waals surface area contributed by atoms with Crippen LogP contribution in [0, 0.1) is 17.3 Å². The predicted molar refractivity (Wildman–Crippen MR) is 72.2 cm³/mol. The molecule has 0 aromatic rings. The van der Waals surface area contributed by atoms with Gasteiger partial charge in [-0.05, 0) is 48.8 Å². The van der Waals surface area contributed by atoms with E-state index in [-0.39, 0.29) is 11.4 Å². The van der Waals surface area contributed by atoms with Crippen LogP contribution in [-0.2, 0) is 9.53 Å². The molecule has 0 amide bonds. The van der Waals surface area contributed by atoms with Crippen molar-refractivity contribution in [1.82, 2.24) is 4.84 Å². The van der Waals surface area contributed by atoms with Gasteiger partial charge in [0.2, 0.25) is 0 Å². The maximum absolute atomic E-state index is 11.8. The van der Waals surface area contributed by atoms with Crippen LogP contribution in [0.1, 0.15) is 51.9 Å². The van der Waals surface area contributed by atoms with Gasteiger partial charge in [0.1, 0.15) is 0 Å². The fourth-order valence-corrected chi connectivity index (χ4v) is 4.31. The molecule has 0 aromatic heterocycles. The van der Waals surface area contributed by atoms with Crippen molar-refractivity contribution in [3.63, 3.8) is 0 Å². The molecule has 0 saturated heterocycles. The van der Waals surface area contributed by atoms with Gasteiger partial charge in [-0.15, -0.1) is 0 Å². The minimum atomic E-state index is -0.0666. The van der Waals surface area contributed by atoms with E-state index in [1.54, 1.807) is 0 Å². The van der Waals surface area contributed by atoms with Gasteiger partial charge < -0.3 is 4.74 Å². The van der Waals surface area contributed by atoms with E-state index in [9.17, 15) is 4.79 Å². The molecule has 0 bridgehead atoms. The predicted octanol–water partition coefficient (Wildman–Crippen LogP) is 3.27. The topological polar surface area (TPSA) is 38.3 Å². The van der Waals surface area contributed by atoms with Gasteiger partial charge in [-0.25, -0.2) is 4.84 Å². The summed E-state index contributed by atoms with van der Waals surface area (Å²) in [6.07, 6.45) is 8.16. The Kier molecular flexibility index (Phi) is 4.91. The van der Waals surface area contributed by atoms with Crippen LogP contribution in [0.2, 0.25) is 0 Å².